The number of rotatable bonds is 9. The smallest absolute Gasteiger partial charge is 0.229 e. The van der Waals surface area contributed by atoms with Crippen LogP contribution in [0.25, 0.3) is 0 Å². The second kappa shape index (κ2) is 9.80. The number of anilines is 1. The van der Waals surface area contributed by atoms with Gasteiger partial charge in [-0.2, -0.15) is 0 Å². The van der Waals surface area contributed by atoms with Crippen molar-refractivity contribution in [3.05, 3.63) is 58.1 Å². The third-order valence-corrected chi connectivity index (χ3v) is 5.53. The Kier molecular flexibility index (Phi) is 7.97. The molecule has 2 aromatic rings. The van der Waals surface area contributed by atoms with Gasteiger partial charge < -0.3 is 9.84 Å². The van der Waals surface area contributed by atoms with Crippen molar-refractivity contribution in [2.24, 2.45) is 0 Å². The molecule has 0 spiro atoms. The standard InChI is InChI=1S/C19H24Cl2N2O4S/c1-13(14-4-9-18(20)19(21)10-14)23(2)11-16(24)12-27-17-7-5-15(6-8-17)22-28(3,25)26/h4-10,13,16,22,24H,11-12H2,1-3H3. The van der Waals surface area contributed by atoms with E-state index in [1.54, 1.807) is 30.3 Å². The number of sulfonamides is 1. The number of hydrogen-bond donors (Lipinski definition) is 2. The summed E-state index contributed by atoms with van der Waals surface area (Å²) in [7, 11) is -1.41. The maximum atomic E-state index is 11.2. The van der Waals surface area contributed by atoms with Crippen LogP contribution in [0.3, 0.4) is 0 Å². The molecule has 154 valence electrons. The van der Waals surface area contributed by atoms with Crippen LogP contribution in [0.4, 0.5) is 5.69 Å². The molecule has 2 N–H and O–H groups in total. The van der Waals surface area contributed by atoms with Crippen LogP contribution in [0, 0.1) is 0 Å². The average Bonchev–Trinajstić information content (AvgIpc) is 2.61. The molecule has 0 amide bonds. The van der Waals surface area contributed by atoms with E-state index in [9.17, 15) is 13.5 Å². The number of benzene rings is 2. The lowest BCUT2D eigenvalue weighted by molar-refractivity contribution is 0.0654. The summed E-state index contributed by atoms with van der Waals surface area (Å²) in [5.74, 6) is 0.540. The lowest BCUT2D eigenvalue weighted by Crippen LogP contribution is -2.34. The molecule has 2 atom stereocenters. The van der Waals surface area contributed by atoms with Gasteiger partial charge in [-0.3, -0.25) is 9.62 Å². The highest BCUT2D eigenvalue weighted by Gasteiger charge is 2.17. The first kappa shape index (κ1) is 22.8. The molecule has 0 saturated heterocycles. The van der Waals surface area contributed by atoms with E-state index in [-0.39, 0.29) is 12.6 Å². The van der Waals surface area contributed by atoms with Crippen LogP contribution < -0.4 is 9.46 Å². The molecule has 0 saturated carbocycles. The summed E-state index contributed by atoms with van der Waals surface area (Å²) >= 11 is 12.0. The van der Waals surface area contributed by atoms with Crippen molar-refractivity contribution in [1.82, 2.24) is 4.90 Å². The molecule has 2 unspecified atom stereocenters. The predicted octanol–water partition coefficient (Wildman–Crippen LogP) is 3.80. The van der Waals surface area contributed by atoms with Gasteiger partial charge in [0.25, 0.3) is 0 Å². The third-order valence-electron chi connectivity index (χ3n) is 4.19. The first-order valence-corrected chi connectivity index (χ1v) is 11.2. The van der Waals surface area contributed by atoms with Gasteiger partial charge in [0, 0.05) is 18.3 Å². The molecular weight excluding hydrogens is 423 g/mol. The van der Waals surface area contributed by atoms with E-state index in [2.05, 4.69) is 4.72 Å². The summed E-state index contributed by atoms with van der Waals surface area (Å²) in [5.41, 5.74) is 1.45. The first-order valence-electron chi connectivity index (χ1n) is 8.59. The Morgan fingerprint density at radius 3 is 2.36 bits per heavy atom. The Labute approximate surface area is 176 Å². The molecule has 0 aliphatic carbocycles. The SMILES string of the molecule is CC(c1ccc(Cl)c(Cl)c1)N(C)CC(O)COc1ccc(NS(C)(=O)=O)cc1. The van der Waals surface area contributed by atoms with E-state index < -0.39 is 16.1 Å². The quantitative estimate of drug-likeness (QED) is 0.612. The van der Waals surface area contributed by atoms with Crippen molar-refractivity contribution in [3.63, 3.8) is 0 Å². The summed E-state index contributed by atoms with van der Waals surface area (Å²) in [6.07, 6.45) is 0.382. The van der Waals surface area contributed by atoms with Crippen molar-refractivity contribution in [2.45, 2.75) is 19.1 Å². The topological polar surface area (TPSA) is 78.9 Å². The molecular formula is C19H24Cl2N2O4S. The molecule has 28 heavy (non-hydrogen) atoms. The van der Waals surface area contributed by atoms with Crippen LogP contribution in [0.5, 0.6) is 5.75 Å². The molecule has 0 aliphatic heterocycles. The van der Waals surface area contributed by atoms with E-state index in [4.69, 9.17) is 27.9 Å². The predicted molar refractivity (Wildman–Crippen MR) is 114 cm³/mol. The van der Waals surface area contributed by atoms with Gasteiger partial charge >= 0.3 is 0 Å². The molecule has 2 aromatic carbocycles. The highest BCUT2D eigenvalue weighted by molar-refractivity contribution is 7.92. The fourth-order valence-electron chi connectivity index (χ4n) is 2.60. The van der Waals surface area contributed by atoms with Crippen molar-refractivity contribution >= 4 is 38.9 Å². The number of aliphatic hydroxyl groups excluding tert-OH is 1. The Morgan fingerprint density at radius 2 is 1.79 bits per heavy atom. The van der Waals surface area contributed by atoms with E-state index in [0.717, 1.165) is 11.8 Å². The largest absolute Gasteiger partial charge is 0.491 e. The molecule has 6 nitrogen and oxygen atoms in total. The van der Waals surface area contributed by atoms with Crippen molar-refractivity contribution in [1.29, 1.82) is 0 Å². The molecule has 0 bridgehead atoms. The molecule has 0 aromatic heterocycles. The van der Waals surface area contributed by atoms with Crippen LogP contribution in [-0.2, 0) is 10.0 Å². The summed E-state index contributed by atoms with van der Waals surface area (Å²) < 4.78 is 30.4. The zero-order valence-corrected chi connectivity index (χ0v) is 18.2. The first-order chi connectivity index (χ1) is 13.0. The Balaban J connectivity index is 1.85. The van der Waals surface area contributed by atoms with Crippen LogP contribution in [0.1, 0.15) is 18.5 Å². The van der Waals surface area contributed by atoms with Crippen LogP contribution in [0.2, 0.25) is 10.0 Å². The lowest BCUT2D eigenvalue weighted by atomic mass is 10.1. The molecule has 0 radical (unpaired) electrons. The van der Waals surface area contributed by atoms with Crippen LogP contribution in [-0.4, -0.2) is 51.0 Å². The highest BCUT2D eigenvalue weighted by Crippen LogP contribution is 2.27. The molecule has 0 heterocycles. The molecule has 2 rings (SSSR count). The van der Waals surface area contributed by atoms with Gasteiger partial charge in [-0.15, -0.1) is 0 Å². The fraction of sp³-hybridized carbons (Fsp3) is 0.368. The maximum Gasteiger partial charge on any atom is 0.229 e. The minimum absolute atomic E-state index is 0.0331. The number of nitrogens with one attached hydrogen (secondary N) is 1. The summed E-state index contributed by atoms with van der Waals surface area (Å²) in [6, 6.07) is 12.0. The minimum atomic E-state index is -3.32. The maximum absolute atomic E-state index is 11.2. The van der Waals surface area contributed by atoms with Crippen molar-refractivity contribution in [3.8, 4) is 5.75 Å². The second-order valence-electron chi connectivity index (χ2n) is 6.65. The molecule has 9 heteroatoms. The van der Waals surface area contributed by atoms with E-state index in [0.29, 0.717) is 28.0 Å². The zero-order valence-electron chi connectivity index (χ0n) is 15.9. The third kappa shape index (κ3) is 7.14. The molecule has 0 aliphatic rings. The van der Waals surface area contributed by atoms with Gasteiger partial charge in [0.1, 0.15) is 18.5 Å². The normalized spacial score (nSPS) is 14.0. The Morgan fingerprint density at radius 1 is 1.14 bits per heavy atom. The summed E-state index contributed by atoms with van der Waals surface area (Å²) in [4.78, 5) is 1.99. The number of hydrogen-bond acceptors (Lipinski definition) is 5. The summed E-state index contributed by atoms with van der Waals surface area (Å²) in [6.45, 7) is 2.52. The van der Waals surface area contributed by atoms with Gasteiger partial charge in [0.2, 0.25) is 10.0 Å². The van der Waals surface area contributed by atoms with Crippen LogP contribution >= 0.6 is 23.2 Å². The minimum Gasteiger partial charge on any atom is -0.491 e. The van der Waals surface area contributed by atoms with Crippen molar-refractivity contribution < 1.29 is 18.3 Å². The van der Waals surface area contributed by atoms with E-state index >= 15 is 0 Å². The number of halogens is 2. The monoisotopic (exact) mass is 446 g/mol. The lowest BCUT2D eigenvalue weighted by Gasteiger charge is -2.27. The summed E-state index contributed by atoms with van der Waals surface area (Å²) in [5, 5.41) is 11.3. The number of aliphatic hydroxyl groups is 1. The number of nitrogens with zero attached hydrogens (tertiary/aromatic N) is 1. The average molecular weight is 447 g/mol. The van der Waals surface area contributed by atoms with Crippen molar-refractivity contribution in [2.75, 3.05) is 31.2 Å². The van der Waals surface area contributed by atoms with Gasteiger partial charge in [-0.05, 0) is 55.9 Å². The van der Waals surface area contributed by atoms with Crippen LogP contribution in [0.15, 0.2) is 42.5 Å². The van der Waals surface area contributed by atoms with E-state index in [1.165, 1.54) is 0 Å². The highest BCUT2D eigenvalue weighted by atomic mass is 35.5. The molecule has 0 fully saturated rings. The van der Waals surface area contributed by atoms with Gasteiger partial charge in [-0.1, -0.05) is 29.3 Å². The Bertz CT molecular complexity index is 891. The van der Waals surface area contributed by atoms with Gasteiger partial charge in [0.15, 0.2) is 0 Å². The van der Waals surface area contributed by atoms with Gasteiger partial charge in [0.05, 0.1) is 16.3 Å². The fourth-order valence-corrected chi connectivity index (χ4v) is 3.47. The zero-order chi connectivity index (χ0) is 20.9. The Hall–Kier alpha value is -1.51. The second-order valence-corrected chi connectivity index (χ2v) is 9.22. The van der Waals surface area contributed by atoms with Gasteiger partial charge in [-0.25, -0.2) is 8.42 Å². The number of likely N-dealkylation sites (N-methyl/N-ethyl adjacent to an activating group) is 1. The number of ether oxygens (including phenoxy) is 1. The van der Waals surface area contributed by atoms with E-state index in [1.807, 2.05) is 31.0 Å².